The highest BCUT2D eigenvalue weighted by Gasteiger charge is 2.30. The largest absolute Gasteiger partial charge is 0.495 e. The minimum Gasteiger partial charge on any atom is -0.495 e. The van der Waals surface area contributed by atoms with Crippen LogP contribution in [0.3, 0.4) is 0 Å². The SMILES string of the molecule is COc1ccccc1NC(=O)c1ccc(S(=O)(=O)N2CCCC[C@@H]2C)cc1. The summed E-state index contributed by atoms with van der Waals surface area (Å²) in [5.74, 6) is 0.235. The molecule has 0 saturated carbocycles. The molecular weight excluding hydrogens is 364 g/mol. The van der Waals surface area contributed by atoms with Gasteiger partial charge in [-0.2, -0.15) is 4.31 Å². The van der Waals surface area contributed by atoms with Crippen molar-refractivity contribution in [3.8, 4) is 5.75 Å². The summed E-state index contributed by atoms with van der Waals surface area (Å²) in [6.45, 7) is 2.48. The first-order valence-electron chi connectivity index (χ1n) is 9.00. The van der Waals surface area contributed by atoms with E-state index in [-0.39, 0.29) is 16.8 Å². The third-order valence-corrected chi connectivity index (χ3v) is 6.85. The van der Waals surface area contributed by atoms with Gasteiger partial charge in [0.1, 0.15) is 5.75 Å². The number of hydrogen-bond acceptors (Lipinski definition) is 4. The van der Waals surface area contributed by atoms with Gasteiger partial charge in [0, 0.05) is 18.2 Å². The monoisotopic (exact) mass is 388 g/mol. The van der Waals surface area contributed by atoms with E-state index in [4.69, 9.17) is 4.74 Å². The Morgan fingerprint density at radius 3 is 2.48 bits per heavy atom. The number of carbonyl (C=O) groups excluding carboxylic acids is 1. The molecule has 0 spiro atoms. The van der Waals surface area contributed by atoms with Gasteiger partial charge in [-0.15, -0.1) is 0 Å². The molecule has 1 heterocycles. The Balaban J connectivity index is 1.77. The molecule has 1 amide bonds. The molecule has 3 rings (SSSR count). The van der Waals surface area contributed by atoms with Crippen LogP contribution < -0.4 is 10.1 Å². The lowest BCUT2D eigenvalue weighted by Gasteiger charge is -2.32. The van der Waals surface area contributed by atoms with Crippen LogP contribution in [-0.4, -0.2) is 38.3 Å². The molecular formula is C20H24N2O4S. The third kappa shape index (κ3) is 4.14. The summed E-state index contributed by atoms with van der Waals surface area (Å²) < 4.78 is 32.5. The van der Waals surface area contributed by atoms with E-state index in [9.17, 15) is 13.2 Å². The van der Waals surface area contributed by atoms with Crippen LogP contribution in [-0.2, 0) is 10.0 Å². The van der Waals surface area contributed by atoms with E-state index < -0.39 is 10.0 Å². The number of rotatable bonds is 5. The predicted octanol–water partition coefficient (Wildman–Crippen LogP) is 3.51. The van der Waals surface area contributed by atoms with Crippen molar-refractivity contribution < 1.29 is 17.9 Å². The zero-order valence-corrected chi connectivity index (χ0v) is 16.3. The summed E-state index contributed by atoms with van der Waals surface area (Å²) in [4.78, 5) is 12.7. The number of nitrogens with one attached hydrogen (secondary N) is 1. The molecule has 1 saturated heterocycles. The van der Waals surface area contributed by atoms with Crippen molar-refractivity contribution in [3.05, 3.63) is 54.1 Å². The Hall–Kier alpha value is -2.38. The highest BCUT2D eigenvalue weighted by molar-refractivity contribution is 7.89. The molecule has 144 valence electrons. The highest BCUT2D eigenvalue weighted by Crippen LogP contribution is 2.26. The maximum Gasteiger partial charge on any atom is 0.255 e. The third-order valence-electron chi connectivity index (χ3n) is 4.82. The number of hydrogen-bond donors (Lipinski definition) is 1. The van der Waals surface area contributed by atoms with Crippen molar-refractivity contribution in [1.82, 2.24) is 4.31 Å². The van der Waals surface area contributed by atoms with Gasteiger partial charge in [-0.05, 0) is 56.2 Å². The number of piperidine rings is 1. The molecule has 1 aliphatic heterocycles. The van der Waals surface area contributed by atoms with E-state index in [1.165, 1.54) is 31.4 Å². The van der Waals surface area contributed by atoms with Crippen molar-refractivity contribution in [2.45, 2.75) is 37.1 Å². The summed E-state index contributed by atoms with van der Waals surface area (Å²) in [5, 5.41) is 2.78. The van der Waals surface area contributed by atoms with Crippen LogP contribution in [0.5, 0.6) is 5.75 Å². The molecule has 1 fully saturated rings. The van der Waals surface area contributed by atoms with Crippen LogP contribution in [0.2, 0.25) is 0 Å². The van der Waals surface area contributed by atoms with E-state index in [0.29, 0.717) is 23.5 Å². The fraction of sp³-hybridized carbons (Fsp3) is 0.350. The Morgan fingerprint density at radius 2 is 1.81 bits per heavy atom. The van der Waals surface area contributed by atoms with E-state index in [1.54, 1.807) is 22.5 Å². The number of para-hydroxylation sites is 2. The quantitative estimate of drug-likeness (QED) is 0.850. The summed E-state index contributed by atoms with van der Waals surface area (Å²) in [6.07, 6.45) is 2.80. The molecule has 2 aromatic rings. The van der Waals surface area contributed by atoms with Crippen LogP contribution in [0, 0.1) is 0 Å². The van der Waals surface area contributed by atoms with Gasteiger partial charge >= 0.3 is 0 Å². The number of ether oxygens (including phenoxy) is 1. The summed E-state index contributed by atoms with van der Waals surface area (Å²) >= 11 is 0. The molecule has 0 aliphatic carbocycles. The number of anilines is 1. The Kier molecular flexibility index (Phi) is 5.82. The molecule has 1 N–H and O–H groups in total. The highest BCUT2D eigenvalue weighted by atomic mass is 32.2. The summed E-state index contributed by atoms with van der Waals surface area (Å²) in [6, 6.07) is 13.2. The maximum atomic E-state index is 12.9. The molecule has 27 heavy (non-hydrogen) atoms. The van der Waals surface area contributed by atoms with Crippen molar-refractivity contribution in [3.63, 3.8) is 0 Å². The van der Waals surface area contributed by atoms with Crippen molar-refractivity contribution in [2.24, 2.45) is 0 Å². The average Bonchev–Trinajstić information content (AvgIpc) is 2.68. The second-order valence-electron chi connectivity index (χ2n) is 6.64. The zero-order chi connectivity index (χ0) is 19.4. The van der Waals surface area contributed by atoms with E-state index >= 15 is 0 Å². The molecule has 7 heteroatoms. The van der Waals surface area contributed by atoms with Gasteiger partial charge in [-0.25, -0.2) is 8.42 Å². The van der Waals surface area contributed by atoms with Gasteiger partial charge in [-0.3, -0.25) is 4.79 Å². The zero-order valence-electron chi connectivity index (χ0n) is 15.5. The predicted molar refractivity (Wildman–Crippen MR) is 105 cm³/mol. The second kappa shape index (κ2) is 8.10. The minimum absolute atomic E-state index is 0.00253. The fourth-order valence-corrected chi connectivity index (χ4v) is 4.98. The Labute approximate surface area is 160 Å². The van der Waals surface area contributed by atoms with Crippen molar-refractivity contribution in [1.29, 1.82) is 0 Å². The Morgan fingerprint density at radius 1 is 1.11 bits per heavy atom. The molecule has 1 aliphatic rings. The normalized spacial score (nSPS) is 18.1. The number of sulfonamides is 1. The van der Waals surface area contributed by atoms with Gasteiger partial charge in [0.15, 0.2) is 0 Å². The average molecular weight is 388 g/mol. The van der Waals surface area contributed by atoms with Gasteiger partial charge in [0.05, 0.1) is 17.7 Å². The van der Waals surface area contributed by atoms with Crippen molar-refractivity contribution >= 4 is 21.6 Å². The lowest BCUT2D eigenvalue weighted by molar-refractivity contribution is 0.102. The molecule has 2 aromatic carbocycles. The molecule has 0 bridgehead atoms. The Bertz CT molecular complexity index is 910. The summed E-state index contributed by atoms with van der Waals surface area (Å²) in [5.41, 5.74) is 0.940. The van der Waals surface area contributed by atoms with Crippen LogP contribution in [0.4, 0.5) is 5.69 Å². The van der Waals surface area contributed by atoms with Crippen LogP contribution >= 0.6 is 0 Å². The smallest absolute Gasteiger partial charge is 0.255 e. The van der Waals surface area contributed by atoms with Gasteiger partial charge in [0.25, 0.3) is 5.91 Å². The first-order valence-corrected chi connectivity index (χ1v) is 10.4. The van der Waals surface area contributed by atoms with Crippen LogP contribution in [0.25, 0.3) is 0 Å². The molecule has 0 radical (unpaired) electrons. The lowest BCUT2D eigenvalue weighted by Crippen LogP contribution is -2.41. The molecule has 1 atom stereocenters. The first kappa shape index (κ1) is 19.4. The van der Waals surface area contributed by atoms with Gasteiger partial charge in [0.2, 0.25) is 10.0 Å². The number of nitrogens with zero attached hydrogens (tertiary/aromatic N) is 1. The fourth-order valence-electron chi connectivity index (χ4n) is 3.28. The molecule has 6 nitrogen and oxygen atoms in total. The second-order valence-corrected chi connectivity index (χ2v) is 8.53. The van der Waals surface area contributed by atoms with Crippen molar-refractivity contribution in [2.75, 3.05) is 19.0 Å². The number of benzene rings is 2. The first-order chi connectivity index (χ1) is 12.9. The van der Waals surface area contributed by atoms with Crippen LogP contribution in [0.1, 0.15) is 36.5 Å². The number of methoxy groups -OCH3 is 1. The lowest BCUT2D eigenvalue weighted by atomic mass is 10.1. The minimum atomic E-state index is -3.54. The van der Waals surface area contributed by atoms with Crippen LogP contribution in [0.15, 0.2) is 53.4 Å². The van der Waals surface area contributed by atoms with E-state index in [0.717, 1.165) is 19.3 Å². The number of carbonyl (C=O) groups is 1. The number of amides is 1. The summed E-state index contributed by atoms with van der Waals surface area (Å²) in [7, 11) is -2.01. The van der Waals surface area contributed by atoms with E-state index in [2.05, 4.69) is 5.32 Å². The van der Waals surface area contributed by atoms with Gasteiger partial charge in [-0.1, -0.05) is 18.6 Å². The maximum absolute atomic E-state index is 12.9. The standard InChI is InChI=1S/C20H24N2O4S/c1-15-7-5-6-14-22(15)27(24,25)17-12-10-16(11-13-17)20(23)21-18-8-3-4-9-19(18)26-2/h3-4,8-13,15H,5-7,14H2,1-2H3,(H,21,23)/t15-/m0/s1. The van der Waals surface area contributed by atoms with Gasteiger partial charge < -0.3 is 10.1 Å². The van der Waals surface area contributed by atoms with E-state index in [1.807, 2.05) is 13.0 Å². The molecule has 0 aromatic heterocycles. The molecule has 0 unspecified atom stereocenters. The topological polar surface area (TPSA) is 75.7 Å².